The zero-order valence-electron chi connectivity index (χ0n) is 17.0. The average Bonchev–Trinajstić information content (AvgIpc) is 3.21. The van der Waals surface area contributed by atoms with Crippen LogP contribution >= 0.6 is 35.3 Å². The van der Waals surface area contributed by atoms with Gasteiger partial charge in [-0.1, -0.05) is 12.1 Å². The molecule has 1 aromatic heterocycles. The summed E-state index contributed by atoms with van der Waals surface area (Å²) in [5.41, 5.74) is 0.832. The lowest BCUT2D eigenvalue weighted by Crippen LogP contribution is -2.32. The Labute approximate surface area is 193 Å². The fourth-order valence-corrected chi connectivity index (χ4v) is 2.85. The van der Waals surface area contributed by atoms with E-state index in [4.69, 9.17) is 9.47 Å². The maximum atomic E-state index is 11.9. The molecular formula is C20H29IN4O3S. The van der Waals surface area contributed by atoms with Crippen molar-refractivity contribution >= 4 is 52.9 Å². The second-order valence-corrected chi connectivity index (χ2v) is 7.27. The van der Waals surface area contributed by atoms with E-state index in [1.54, 1.807) is 32.5 Å². The van der Waals surface area contributed by atoms with Crippen LogP contribution in [-0.4, -0.2) is 57.7 Å². The first-order valence-corrected chi connectivity index (χ1v) is 9.96. The van der Waals surface area contributed by atoms with Gasteiger partial charge in [-0.15, -0.1) is 35.3 Å². The van der Waals surface area contributed by atoms with Crippen molar-refractivity contribution in [2.75, 3.05) is 46.3 Å². The number of hydrogen-bond donors (Lipinski definition) is 2. The second-order valence-electron chi connectivity index (χ2n) is 6.23. The molecule has 0 unspecified atom stereocenters. The molecule has 0 aliphatic carbocycles. The summed E-state index contributed by atoms with van der Waals surface area (Å²) in [7, 11) is 5.11. The number of carbonyl (C=O) groups excluding carboxylic acids is 1. The van der Waals surface area contributed by atoms with E-state index in [1.165, 1.54) is 9.78 Å². The number of aliphatic imine (C=N–C) groups is 1. The first-order valence-electron chi connectivity index (χ1n) is 9.08. The molecule has 1 aromatic carbocycles. The van der Waals surface area contributed by atoms with Gasteiger partial charge in [0, 0.05) is 50.9 Å². The van der Waals surface area contributed by atoms with Crippen molar-refractivity contribution in [2.24, 2.45) is 4.99 Å². The molecular weight excluding hydrogens is 503 g/mol. The summed E-state index contributed by atoms with van der Waals surface area (Å²) in [6.45, 7) is 1.96. The van der Waals surface area contributed by atoms with Crippen LogP contribution in [0.3, 0.4) is 0 Å². The number of rotatable bonds is 10. The third-order valence-electron chi connectivity index (χ3n) is 3.74. The number of methoxy groups -OCH3 is 1. The van der Waals surface area contributed by atoms with Gasteiger partial charge in [-0.3, -0.25) is 4.79 Å². The lowest BCUT2D eigenvalue weighted by atomic mass is 10.3. The average molecular weight is 532 g/mol. The number of benzene rings is 1. The van der Waals surface area contributed by atoms with E-state index in [0.29, 0.717) is 25.7 Å². The van der Waals surface area contributed by atoms with Gasteiger partial charge in [-0.05, 0) is 23.6 Å². The summed E-state index contributed by atoms with van der Waals surface area (Å²) in [5.74, 6) is 1.25. The minimum absolute atomic E-state index is 0. The normalized spacial score (nSPS) is 10.8. The van der Waals surface area contributed by atoms with Gasteiger partial charge in [0.2, 0.25) is 5.91 Å². The Morgan fingerprint density at radius 2 is 2.03 bits per heavy atom. The van der Waals surface area contributed by atoms with Crippen LogP contribution in [0.15, 0.2) is 46.8 Å². The van der Waals surface area contributed by atoms with Crippen LogP contribution in [0, 0.1) is 0 Å². The van der Waals surface area contributed by atoms with Crippen LogP contribution in [-0.2, 0) is 16.1 Å². The largest absolute Gasteiger partial charge is 0.493 e. The molecule has 0 saturated carbocycles. The number of guanidine groups is 1. The number of halogens is 1. The third kappa shape index (κ3) is 9.95. The van der Waals surface area contributed by atoms with E-state index in [0.717, 1.165) is 17.9 Å². The van der Waals surface area contributed by atoms with Crippen LogP contribution < -0.4 is 15.4 Å². The van der Waals surface area contributed by atoms with Gasteiger partial charge in [0.25, 0.3) is 0 Å². The van der Waals surface area contributed by atoms with Gasteiger partial charge < -0.3 is 25.0 Å². The fourth-order valence-electron chi connectivity index (χ4n) is 2.21. The number of ether oxygens (including phenoxy) is 2. The Balaban J connectivity index is 0.00000420. The van der Waals surface area contributed by atoms with E-state index in [-0.39, 0.29) is 36.4 Å². The SMILES string of the molecule is COCCCOc1cccc(NC(=NCC(=O)N(C)C)NCc2cccs2)c1.I. The molecule has 0 aliphatic heterocycles. The lowest BCUT2D eigenvalue weighted by molar-refractivity contribution is -0.127. The van der Waals surface area contributed by atoms with E-state index in [2.05, 4.69) is 21.7 Å². The zero-order valence-corrected chi connectivity index (χ0v) is 20.2. The van der Waals surface area contributed by atoms with Crippen LogP contribution in [0.4, 0.5) is 5.69 Å². The highest BCUT2D eigenvalue weighted by molar-refractivity contribution is 14.0. The first-order chi connectivity index (χ1) is 13.6. The highest BCUT2D eigenvalue weighted by atomic mass is 127. The topological polar surface area (TPSA) is 75.2 Å². The molecule has 0 atom stereocenters. The minimum atomic E-state index is -0.0625. The highest BCUT2D eigenvalue weighted by Gasteiger charge is 2.06. The maximum absolute atomic E-state index is 11.9. The fraction of sp³-hybridized carbons (Fsp3) is 0.400. The van der Waals surface area contributed by atoms with Crippen molar-refractivity contribution in [2.45, 2.75) is 13.0 Å². The quantitative estimate of drug-likeness (QED) is 0.212. The molecule has 1 heterocycles. The number of amides is 1. The van der Waals surface area contributed by atoms with Crippen molar-refractivity contribution in [1.82, 2.24) is 10.2 Å². The van der Waals surface area contributed by atoms with Crippen molar-refractivity contribution < 1.29 is 14.3 Å². The molecule has 0 fully saturated rings. The Morgan fingerprint density at radius 3 is 2.72 bits per heavy atom. The van der Waals surface area contributed by atoms with Crippen molar-refractivity contribution in [3.63, 3.8) is 0 Å². The summed E-state index contributed by atoms with van der Waals surface area (Å²) in [6, 6.07) is 11.7. The molecule has 29 heavy (non-hydrogen) atoms. The summed E-state index contributed by atoms with van der Waals surface area (Å²) in [4.78, 5) is 19.0. The number of thiophene rings is 1. The van der Waals surface area contributed by atoms with Gasteiger partial charge in [0.05, 0.1) is 13.2 Å². The molecule has 2 aromatic rings. The van der Waals surface area contributed by atoms with Gasteiger partial charge in [0.1, 0.15) is 12.3 Å². The first kappa shape index (κ1) is 25.2. The molecule has 2 rings (SSSR count). The standard InChI is InChI=1S/C20H28N4O3S.HI/c1-24(2)19(25)15-22-20(21-14-18-9-5-12-28-18)23-16-7-4-8-17(13-16)27-11-6-10-26-3;/h4-5,7-9,12-13H,6,10-11,14-15H2,1-3H3,(H2,21,22,23);1H. The molecule has 0 radical (unpaired) electrons. The third-order valence-corrected chi connectivity index (χ3v) is 4.62. The second kappa shape index (κ2) is 14.2. The van der Waals surface area contributed by atoms with E-state index >= 15 is 0 Å². The summed E-state index contributed by atoms with van der Waals surface area (Å²) < 4.78 is 10.8. The molecule has 160 valence electrons. The van der Waals surface area contributed by atoms with Crippen LogP contribution in [0.25, 0.3) is 0 Å². The summed E-state index contributed by atoms with van der Waals surface area (Å²) in [6.07, 6.45) is 0.829. The van der Waals surface area contributed by atoms with Crippen LogP contribution in [0.2, 0.25) is 0 Å². The Bertz CT molecular complexity index is 754. The van der Waals surface area contributed by atoms with Crippen molar-refractivity contribution in [1.29, 1.82) is 0 Å². The van der Waals surface area contributed by atoms with Crippen molar-refractivity contribution in [3.05, 3.63) is 46.7 Å². The highest BCUT2D eigenvalue weighted by Crippen LogP contribution is 2.17. The zero-order chi connectivity index (χ0) is 20.2. The van der Waals surface area contributed by atoms with Crippen LogP contribution in [0.1, 0.15) is 11.3 Å². The van der Waals surface area contributed by atoms with E-state index < -0.39 is 0 Å². The van der Waals surface area contributed by atoms with E-state index in [1.807, 2.05) is 35.7 Å². The number of carbonyl (C=O) groups is 1. The smallest absolute Gasteiger partial charge is 0.243 e. The number of likely N-dealkylation sites (N-methyl/N-ethyl adjacent to an activating group) is 1. The molecule has 1 amide bonds. The maximum Gasteiger partial charge on any atom is 0.243 e. The number of nitrogens with zero attached hydrogens (tertiary/aromatic N) is 2. The van der Waals surface area contributed by atoms with Gasteiger partial charge in [-0.2, -0.15) is 0 Å². The molecule has 7 nitrogen and oxygen atoms in total. The molecule has 2 N–H and O–H groups in total. The molecule has 0 aliphatic rings. The lowest BCUT2D eigenvalue weighted by Gasteiger charge is -2.14. The van der Waals surface area contributed by atoms with Gasteiger partial charge in [-0.25, -0.2) is 4.99 Å². The van der Waals surface area contributed by atoms with Crippen LogP contribution in [0.5, 0.6) is 5.75 Å². The summed E-state index contributed by atoms with van der Waals surface area (Å²) >= 11 is 1.67. The molecule has 0 bridgehead atoms. The minimum Gasteiger partial charge on any atom is -0.493 e. The number of hydrogen-bond acceptors (Lipinski definition) is 5. The van der Waals surface area contributed by atoms with Gasteiger partial charge in [0.15, 0.2) is 5.96 Å². The number of nitrogens with one attached hydrogen (secondary N) is 2. The Morgan fingerprint density at radius 1 is 1.21 bits per heavy atom. The van der Waals surface area contributed by atoms with Gasteiger partial charge >= 0.3 is 0 Å². The van der Waals surface area contributed by atoms with Crippen molar-refractivity contribution in [3.8, 4) is 5.75 Å². The Hall–Kier alpha value is -1.85. The summed E-state index contributed by atoms with van der Waals surface area (Å²) in [5, 5.41) is 8.54. The Kier molecular flexibility index (Phi) is 12.3. The predicted octanol–water partition coefficient (Wildman–Crippen LogP) is 3.43. The predicted molar refractivity (Wildman–Crippen MR) is 130 cm³/mol. The van der Waals surface area contributed by atoms with E-state index in [9.17, 15) is 4.79 Å². The molecule has 9 heteroatoms. The molecule has 0 spiro atoms. The monoisotopic (exact) mass is 532 g/mol. The number of anilines is 1. The molecule has 0 saturated heterocycles.